The van der Waals surface area contributed by atoms with Gasteiger partial charge in [0.15, 0.2) is 0 Å². The summed E-state index contributed by atoms with van der Waals surface area (Å²) in [6.45, 7) is 29.3. The second kappa shape index (κ2) is 17.8. The van der Waals surface area contributed by atoms with Crippen LogP contribution in [0.15, 0.2) is 139 Å². The van der Waals surface area contributed by atoms with Gasteiger partial charge in [0.2, 0.25) is 0 Å². The normalized spacial score (nSPS) is 36.5. The number of hydrogen-bond donors (Lipinski definition) is 0. The number of hydrogen-bond acceptors (Lipinski definition) is 0. The van der Waals surface area contributed by atoms with E-state index in [0.717, 1.165) is 10.0 Å². The van der Waals surface area contributed by atoms with Crippen LogP contribution >= 0.6 is 23.2 Å². The first-order valence-corrected chi connectivity index (χ1v) is 23.0. The van der Waals surface area contributed by atoms with E-state index >= 15 is 0 Å². The van der Waals surface area contributed by atoms with Gasteiger partial charge in [0, 0.05) is 10.8 Å². The minimum atomic E-state index is 0. The van der Waals surface area contributed by atoms with E-state index in [1.807, 2.05) is 48.5 Å². The molecule has 9 atom stereocenters. The molecule has 2 saturated carbocycles. The molecule has 8 rings (SSSR count). The Kier molecular flexibility index (Phi) is 15.1. The number of allylic oxidation sites excluding steroid dienone is 16. The summed E-state index contributed by atoms with van der Waals surface area (Å²) in [4.78, 5) is 0. The minimum absolute atomic E-state index is 0. The number of benzene rings is 2. The summed E-state index contributed by atoms with van der Waals surface area (Å²) in [7, 11) is 0. The van der Waals surface area contributed by atoms with E-state index < -0.39 is 0 Å². The van der Waals surface area contributed by atoms with Gasteiger partial charge in [-0.3, -0.25) is 6.08 Å². The van der Waals surface area contributed by atoms with Gasteiger partial charge < -0.3 is 31.2 Å². The second-order valence-electron chi connectivity index (χ2n) is 19.7. The first-order chi connectivity index (χ1) is 26.6. The Balaban J connectivity index is 0.000000217. The summed E-state index contributed by atoms with van der Waals surface area (Å²) in [6.07, 6.45) is 39.7. The molecule has 6 aliphatic carbocycles. The molecule has 0 saturated heterocycles. The Morgan fingerprint density at radius 1 is 0.712 bits per heavy atom. The molecular formula is C54H64Cl4Zr-2. The molecule has 0 N–H and O–H groups in total. The van der Waals surface area contributed by atoms with Crippen LogP contribution in [0.2, 0.25) is 10.0 Å². The fourth-order valence-corrected chi connectivity index (χ4v) is 13.2. The zero-order valence-electron chi connectivity index (χ0n) is 37.3. The quantitative estimate of drug-likeness (QED) is 0.268. The van der Waals surface area contributed by atoms with E-state index in [9.17, 15) is 0 Å². The van der Waals surface area contributed by atoms with E-state index in [1.165, 1.54) is 62.6 Å². The van der Waals surface area contributed by atoms with Crippen molar-refractivity contribution in [2.24, 2.45) is 55.2 Å². The van der Waals surface area contributed by atoms with Gasteiger partial charge in [-0.15, -0.1) is 17.4 Å². The van der Waals surface area contributed by atoms with Crippen LogP contribution in [0.3, 0.4) is 0 Å². The third-order valence-corrected chi connectivity index (χ3v) is 18.5. The molecule has 0 bridgehead atoms. The number of rotatable bonds is 4. The molecule has 0 amide bonds. The predicted octanol–water partition coefficient (Wildman–Crippen LogP) is 9.51. The maximum Gasteiger partial charge on any atom is -1.00 e. The molecule has 2 fully saturated rings. The molecule has 0 aromatic heterocycles. The van der Waals surface area contributed by atoms with Crippen molar-refractivity contribution in [3.63, 3.8) is 0 Å². The largest absolute Gasteiger partial charge is 1.00 e. The Morgan fingerprint density at radius 2 is 1.17 bits per heavy atom. The van der Waals surface area contributed by atoms with Gasteiger partial charge in [-0.1, -0.05) is 167 Å². The van der Waals surface area contributed by atoms with E-state index in [2.05, 4.69) is 175 Å². The maximum absolute atomic E-state index is 5.86. The summed E-state index contributed by atoms with van der Waals surface area (Å²) in [5.74, 6) is 1.05. The molecule has 6 aliphatic rings. The summed E-state index contributed by atoms with van der Waals surface area (Å²) >= 11 is 13.1. The van der Waals surface area contributed by atoms with Gasteiger partial charge in [0.05, 0.1) is 0 Å². The van der Waals surface area contributed by atoms with Crippen LogP contribution in [0.1, 0.15) is 107 Å². The zero-order valence-corrected chi connectivity index (χ0v) is 42.8. The van der Waals surface area contributed by atoms with Gasteiger partial charge in [-0.25, -0.2) is 6.08 Å². The molecule has 0 nitrogen and oxygen atoms in total. The third-order valence-electron chi connectivity index (χ3n) is 16.6. The van der Waals surface area contributed by atoms with Gasteiger partial charge >= 0.3 is 120 Å². The standard InChI is InChI=1S/C29H37.C13H8Cl2.C12H19.2ClH.Zr/c1-21-14-13-15-22-20-27(6)25(4)18-10-9-16-23(25,2)24(3)17-11-12-19-26(24,5)29(27,8)28(21,22)7;14-12-5-1-10(2-6-12)9-11-3-7-13(15)8-4-11;1-5-6-10-7-8-11(9-10)12(2,3)4;;;/h9-20,22H,1-8H3;1-8H;8-10H,5-6H2,1-4H3;2*1H;/q-1;;-1;;;+2/p-2. The van der Waals surface area contributed by atoms with E-state index in [0.29, 0.717) is 17.3 Å². The Hall–Kier alpha value is -1.73. The number of fused-ring (bicyclic) bond motifs is 8. The SMILES string of the molecule is CC1=CC=CC2[CH-]C3(C)C4(C)C=CC=CC4(C)C4(C)C=CC=CC4(C)C3(C)C12C.CCCC1[C-]=CC(C(C)(C)C)=C1.Clc1ccc([C](=[Zr+2])c2ccc(Cl)cc2)cc1.[Cl-].[Cl-]. The molecule has 0 heterocycles. The van der Waals surface area contributed by atoms with Crippen LogP contribution in [-0.4, -0.2) is 3.21 Å². The van der Waals surface area contributed by atoms with Crippen LogP contribution in [-0.2, 0) is 24.2 Å². The summed E-state index contributed by atoms with van der Waals surface area (Å²) in [5, 5.41) is 1.53. The van der Waals surface area contributed by atoms with E-state index in [-0.39, 0.29) is 62.7 Å². The van der Waals surface area contributed by atoms with Crippen molar-refractivity contribution in [2.75, 3.05) is 0 Å². The fraction of sp³-hybridized carbons (Fsp3) is 0.444. The molecule has 314 valence electrons. The van der Waals surface area contributed by atoms with Crippen molar-refractivity contribution >= 4 is 26.4 Å². The fourth-order valence-electron chi connectivity index (χ4n) is 12.1. The first kappa shape index (κ1) is 49.9. The Bertz CT molecular complexity index is 2080. The van der Waals surface area contributed by atoms with Crippen LogP contribution in [0.25, 0.3) is 0 Å². The van der Waals surface area contributed by atoms with Crippen molar-refractivity contribution in [1.82, 2.24) is 0 Å². The van der Waals surface area contributed by atoms with Crippen molar-refractivity contribution in [3.05, 3.63) is 172 Å². The minimum Gasteiger partial charge on any atom is -1.00 e. The van der Waals surface area contributed by atoms with Crippen molar-refractivity contribution < 1.29 is 49.0 Å². The topological polar surface area (TPSA) is 0 Å². The predicted molar refractivity (Wildman–Crippen MR) is 244 cm³/mol. The van der Waals surface area contributed by atoms with Gasteiger partial charge in [0.1, 0.15) is 0 Å². The monoisotopic (exact) mass is 942 g/mol. The van der Waals surface area contributed by atoms with Crippen LogP contribution in [0, 0.1) is 67.7 Å². The second-order valence-corrected chi connectivity index (χ2v) is 21.8. The summed E-state index contributed by atoms with van der Waals surface area (Å²) in [5.41, 5.74) is 5.91. The number of halogens is 4. The molecule has 0 aliphatic heterocycles. The molecule has 0 radical (unpaired) electrons. The zero-order chi connectivity index (χ0) is 41.9. The van der Waals surface area contributed by atoms with Crippen LogP contribution in [0.5, 0.6) is 0 Å². The molecular weight excluding hydrogens is 882 g/mol. The van der Waals surface area contributed by atoms with Crippen molar-refractivity contribution in [2.45, 2.75) is 95.9 Å². The summed E-state index contributed by atoms with van der Waals surface area (Å²) < 4.78 is 1.31. The average Bonchev–Trinajstić information content (AvgIpc) is 3.73. The van der Waals surface area contributed by atoms with E-state index in [4.69, 9.17) is 23.2 Å². The maximum atomic E-state index is 5.86. The third kappa shape index (κ3) is 7.54. The smallest absolute Gasteiger partial charge is 1.00 e. The average molecular weight is 946 g/mol. The molecule has 0 spiro atoms. The van der Waals surface area contributed by atoms with Gasteiger partial charge in [0.25, 0.3) is 0 Å². The van der Waals surface area contributed by atoms with Gasteiger partial charge in [-0.05, 0) is 28.6 Å². The Labute approximate surface area is 395 Å². The van der Waals surface area contributed by atoms with Crippen molar-refractivity contribution in [3.8, 4) is 0 Å². The van der Waals surface area contributed by atoms with Crippen molar-refractivity contribution in [1.29, 1.82) is 0 Å². The molecule has 59 heavy (non-hydrogen) atoms. The van der Waals surface area contributed by atoms with Gasteiger partial charge in [-0.2, -0.15) is 11.6 Å². The molecule has 5 heteroatoms. The molecule has 2 aromatic carbocycles. The molecule has 2 aromatic rings. The van der Waals surface area contributed by atoms with E-state index in [1.54, 1.807) is 0 Å². The van der Waals surface area contributed by atoms with Crippen LogP contribution in [0.4, 0.5) is 0 Å². The summed E-state index contributed by atoms with van der Waals surface area (Å²) in [6, 6.07) is 15.8. The Morgan fingerprint density at radius 3 is 1.63 bits per heavy atom. The first-order valence-electron chi connectivity index (χ1n) is 21.0. The van der Waals surface area contributed by atoms with Crippen LogP contribution < -0.4 is 24.8 Å². The molecule has 9 unspecified atom stereocenters.